The lowest BCUT2D eigenvalue weighted by Gasteiger charge is -2.53. The highest BCUT2D eigenvalue weighted by Gasteiger charge is 2.65. The number of nitrogens with one attached hydrogen (secondary N) is 1. The van der Waals surface area contributed by atoms with Gasteiger partial charge in [-0.15, -0.1) is 5.10 Å². The summed E-state index contributed by atoms with van der Waals surface area (Å²) in [5.41, 5.74) is -1.07. The third kappa shape index (κ3) is 3.78. The van der Waals surface area contributed by atoms with Gasteiger partial charge in [0.25, 0.3) is 11.6 Å². The lowest BCUT2D eigenvalue weighted by Crippen LogP contribution is -2.81. The summed E-state index contributed by atoms with van der Waals surface area (Å²) in [5.74, 6) is -1.12. The Morgan fingerprint density at radius 1 is 1.42 bits per heavy atom. The molecule has 1 fully saturated rings. The van der Waals surface area contributed by atoms with Crippen molar-refractivity contribution in [3.63, 3.8) is 0 Å². The molecule has 1 saturated heterocycles. The van der Waals surface area contributed by atoms with E-state index in [9.17, 15) is 24.6 Å². The Hall–Kier alpha value is -3.29. The topological polar surface area (TPSA) is 160 Å². The zero-order chi connectivity index (χ0) is 22.2. The standard InChI is InChI=1S/C18H18N6O6S/c1-23-17(20-21-22-23)31-9-11-8-30-16-18(29,15(28)24(16)13(11)7-25)19-14(27)6-10-2-4-12(26)5-3-10/h2-5,7,16,26,29H,6,8-9H2,1H3,(H,19,27)/t16?,18-/m0/s1. The number of amides is 2. The molecule has 2 aliphatic heterocycles. The Labute approximate surface area is 179 Å². The Morgan fingerprint density at radius 3 is 2.81 bits per heavy atom. The summed E-state index contributed by atoms with van der Waals surface area (Å²) in [4.78, 5) is 37.7. The minimum absolute atomic E-state index is 0.0169. The number of aliphatic hydroxyl groups is 1. The highest BCUT2D eigenvalue weighted by molar-refractivity contribution is 7.99. The maximum Gasteiger partial charge on any atom is 0.287 e. The molecule has 2 atom stereocenters. The van der Waals surface area contributed by atoms with Crippen molar-refractivity contribution < 1.29 is 29.3 Å². The van der Waals surface area contributed by atoms with E-state index in [0.717, 1.165) is 4.90 Å². The number of aromatic hydroxyl groups is 1. The molecule has 0 radical (unpaired) electrons. The maximum atomic E-state index is 12.7. The van der Waals surface area contributed by atoms with Gasteiger partial charge in [0.05, 0.1) is 18.7 Å². The molecular weight excluding hydrogens is 428 g/mol. The fourth-order valence-corrected chi connectivity index (χ4v) is 4.15. The van der Waals surface area contributed by atoms with Crippen molar-refractivity contribution >= 4 is 29.9 Å². The smallest absolute Gasteiger partial charge is 0.287 e. The van der Waals surface area contributed by atoms with Crippen LogP contribution < -0.4 is 5.32 Å². The Kier molecular flexibility index (Phi) is 5.47. The second-order valence-corrected chi connectivity index (χ2v) is 7.92. The van der Waals surface area contributed by atoms with E-state index < -0.39 is 23.8 Å². The molecular formula is C18H18N6O6S. The van der Waals surface area contributed by atoms with Crippen LogP contribution in [0.4, 0.5) is 0 Å². The summed E-state index contributed by atoms with van der Waals surface area (Å²) < 4.78 is 7.06. The zero-order valence-electron chi connectivity index (χ0n) is 16.3. The third-order valence-electron chi connectivity index (χ3n) is 4.87. The van der Waals surface area contributed by atoms with Crippen molar-refractivity contribution in [1.82, 2.24) is 30.4 Å². The van der Waals surface area contributed by atoms with Crippen LogP contribution >= 0.6 is 11.8 Å². The number of phenols is 1. The molecule has 3 N–H and O–H groups in total. The fourth-order valence-electron chi connectivity index (χ4n) is 3.29. The number of aryl methyl sites for hydroxylation is 1. The predicted octanol–water partition coefficient (Wildman–Crippen LogP) is -1.29. The van der Waals surface area contributed by atoms with E-state index in [1.807, 2.05) is 0 Å². The Morgan fingerprint density at radius 2 is 2.16 bits per heavy atom. The number of benzene rings is 1. The molecule has 162 valence electrons. The average Bonchev–Trinajstić information content (AvgIpc) is 3.17. The van der Waals surface area contributed by atoms with Crippen molar-refractivity contribution in [2.45, 2.75) is 23.5 Å². The lowest BCUT2D eigenvalue weighted by molar-refractivity contribution is -0.249. The van der Waals surface area contributed by atoms with Crippen LogP contribution in [0.5, 0.6) is 5.75 Å². The summed E-state index contributed by atoms with van der Waals surface area (Å²) in [6.45, 7) is -0.0169. The van der Waals surface area contributed by atoms with Gasteiger partial charge in [-0.2, -0.15) is 0 Å². The number of allylic oxidation sites excluding steroid dienone is 1. The van der Waals surface area contributed by atoms with Crippen LogP contribution in [0.25, 0.3) is 0 Å². The van der Waals surface area contributed by atoms with E-state index in [4.69, 9.17) is 4.74 Å². The van der Waals surface area contributed by atoms with Gasteiger partial charge in [0.15, 0.2) is 12.5 Å². The molecule has 0 aliphatic carbocycles. The number of thioether (sulfide) groups is 1. The number of aldehydes is 1. The molecule has 0 spiro atoms. The van der Waals surface area contributed by atoms with Gasteiger partial charge >= 0.3 is 0 Å². The minimum Gasteiger partial charge on any atom is -0.508 e. The van der Waals surface area contributed by atoms with Crippen LogP contribution in [0.1, 0.15) is 5.56 Å². The summed E-state index contributed by atoms with van der Waals surface area (Å²) in [6.07, 6.45) is -0.808. The molecule has 1 aromatic heterocycles. The van der Waals surface area contributed by atoms with Crippen LogP contribution in [-0.4, -0.2) is 77.7 Å². The van der Waals surface area contributed by atoms with E-state index in [1.54, 1.807) is 19.2 Å². The number of carbonyl (C=O) groups excluding carboxylic acids is 3. The minimum atomic E-state index is -2.27. The number of fused-ring (bicyclic) bond motifs is 1. The van der Waals surface area contributed by atoms with Crippen molar-refractivity contribution in [1.29, 1.82) is 0 Å². The highest BCUT2D eigenvalue weighted by Crippen LogP contribution is 2.38. The number of β-lactam (4-membered cyclic amide) rings is 1. The average molecular weight is 446 g/mol. The molecule has 1 aromatic carbocycles. The van der Waals surface area contributed by atoms with E-state index >= 15 is 0 Å². The van der Waals surface area contributed by atoms with E-state index in [2.05, 4.69) is 20.8 Å². The largest absolute Gasteiger partial charge is 0.508 e. The van der Waals surface area contributed by atoms with Gasteiger partial charge in [-0.25, -0.2) is 4.68 Å². The van der Waals surface area contributed by atoms with Crippen molar-refractivity contribution in [3.05, 3.63) is 41.1 Å². The van der Waals surface area contributed by atoms with Gasteiger partial charge in [0.2, 0.25) is 11.1 Å². The van der Waals surface area contributed by atoms with Crippen LogP contribution in [0.15, 0.2) is 40.7 Å². The molecule has 1 unspecified atom stereocenters. The fraction of sp³-hybridized carbons (Fsp3) is 0.333. The van der Waals surface area contributed by atoms with Crippen molar-refractivity contribution in [3.8, 4) is 5.75 Å². The molecule has 13 heteroatoms. The number of ether oxygens (including phenoxy) is 1. The summed E-state index contributed by atoms with van der Waals surface area (Å²) in [7, 11) is 1.67. The van der Waals surface area contributed by atoms with Crippen molar-refractivity contribution in [2.75, 3.05) is 12.4 Å². The van der Waals surface area contributed by atoms with Crippen molar-refractivity contribution in [2.24, 2.45) is 7.05 Å². The van der Waals surface area contributed by atoms with Gasteiger partial charge in [0.1, 0.15) is 5.75 Å². The predicted molar refractivity (Wildman–Crippen MR) is 104 cm³/mol. The van der Waals surface area contributed by atoms with Gasteiger partial charge in [0, 0.05) is 12.8 Å². The van der Waals surface area contributed by atoms with Gasteiger partial charge < -0.3 is 20.3 Å². The molecule has 0 bridgehead atoms. The number of carbonyl (C=O) groups is 3. The number of rotatable bonds is 7. The number of aromatic nitrogens is 4. The molecule has 12 nitrogen and oxygen atoms in total. The summed E-state index contributed by atoms with van der Waals surface area (Å²) in [5, 5.41) is 33.9. The SMILES string of the molecule is Cn1nnnc1SCC1=C(C=O)N2C(=O)[C@@](O)(NC(=O)Cc3ccc(O)cc3)C2OC1. The van der Waals surface area contributed by atoms with Gasteiger partial charge in [-0.3, -0.25) is 19.3 Å². The van der Waals surface area contributed by atoms with Crippen LogP contribution in [-0.2, 0) is 32.6 Å². The number of nitrogens with zero attached hydrogens (tertiary/aromatic N) is 5. The molecule has 0 saturated carbocycles. The molecule has 2 amide bonds. The van der Waals surface area contributed by atoms with Gasteiger partial charge in [-0.1, -0.05) is 23.9 Å². The molecule has 2 aliphatic rings. The number of hydrogen-bond donors (Lipinski definition) is 3. The van der Waals surface area contributed by atoms with Crippen LogP contribution in [0.2, 0.25) is 0 Å². The summed E-state index contributed by atoms with van der Waals surface area (Å²) in [6, 6.07) is 5.95. The first-order valence-corrected chi connectivity index (χ1v) is 10.1. The molecule has 3 heterocycles. The second kappa shape index (κ2) is 8.09. The summed E-state index contributed by atoms with van der Waals surface area (Å²) >= 11 is 1.26. The number of hydrogen-bond acceptors (Lipinski definition) is 10. The Balaban J connectivity index is 1.44. The van der Waals surface area contributed by atoms with Gasteiger partial charge in [-0.05, 0) is 33.7 Å². The quantitative estimate of drug-likeness (QED) is 0.202. The number of phenolic OH excluding ortho intramolecular Hbond substituents is 1. The molecule has 4 rings (SSSR count). The zero-order valence-corrected chi connectivity index (χ0v) is 17.1. The monoisotopic (exact) mass is 446 g/mol. The number of tetrazole rings is 1. The first-order valence-electron chi connectivity index (χ1n) is 9.12. The van der Waals surface area contributed by atoms with Crippen LogP contribution in [0.3, 0.4) is 0 Å². The first kappa shape index (κ1) is 21.0. The van der Waals surface area contributed by atoms with Crippen LogP contribution in [0, 0.1) is 0 Å². The van der Waals surface area contributed by atoms with E-state index in [0.29, 0.717) is 28.3 Å². The highest BCUT2D eigenvalue weighted by atomic mass is 32.2. The van der Waals surface area contributed by atoms with E-state index in [-0.39, 0.29) is 24.5 Å². The first-order chi connectivity index (χ1) is 14.8. The lowest BCUT2D eigenvalue weighted by atomic mass is 9.95. The third-order valence-corrected chi connectivity index (χ3v) is 5.97. The maximum absolute atomic E-state index is 12.7. The Bertz CT molecular complexity index is 1070. The second-order valence-electron chi connectivity index (χ2n) is 6.98. The van der Waals surface area contributed by atoms with E-state index in [1.165, 1.54) is 28.6 Å². The normalized spacial score (nSPS) is 22.7. The molecule has 2 aromatic rings. The molecule has 31 heavy (non-hydrogen) atoms.